The van der Waals surface area contributed by atoms with Gasteiger partial charge in [0.2, 0.25) is 5.91 Å². The number of aliphatic carboxylic acids is 1. The number of rotatable bonds is 10. The molecule has 0 saturated carbocycles. The van der Waals surface area contributed by atoms with Crippen molar-refractivity contribution in [2.45, 2.75) is 26.4 Å². The molecule has 0 unspecified atom stereocenters. The lowest BCUT2D eigenvalue weighted by molar-refractivity contribution is -0.131. The van der Waals surface area contributed by atoms with Gasteiger partial charge in [0.15, 0.2) is 0 Å². The first-order chi connectivity index (χ1) is 15.9. The summed E-state index contributed by atoms with van der Waals surface area (Å²) in [5.74, 6) is -0.414. The second-order valence-corrected chi connectivity index (χ2v) is 8.03. The maximum atomic E-state index is 12.9. The van der Waals surface area contributed by atoms with Crippen molar-refractivity contribution in [3.63, 3.8) is 0 Å². The molecular weight excluding hydrogens is 414 g/mol. The Kier molecular flexibility index (Phi) is 8.42. The molecule has 0 saturated heterocycles. The van der Waals surface area contributed by atoms with Crippen LogP contribution in [0, 0.1) is 0 Å². The smallest absolute Gasteiger partial charge is 0.328 e. The number of carbonyl (C=O) groups is 2. The summed E-state index contributed by atoms with van der Waals surface area (Å²) in [6.07, 6.45) is 2.16. The minimum Gasteiger partial charge on any atom is -0.489 e. The van der Waals surface area contributed by atoms with E-state index in [4.69, 9.17) is 9.84 Å². The number of carboxylic acid groups (broad SMARTS) is 1. The molecule has 0 atom stereocenters. The Hall–Kier alpha value is -3.86. The van der Waals surface area contributed by atoms with Gasteiger partial charge in [-0.25, -0.2) is 4.79 Å². The summed E-state index contributed by atoms with van der Waals surface area (Å²) in [7, 11) is 1.80. The van der Waals surface area contributed by atoms with Gasteiger partial charge in [-0.15, -0.1) is 0 Å². The maximum absolute atomic E-state index is 12.9. The van der Waals surface area contributed by atoms with Gasteiger partial charge in [0, 0.05) is 19.7 Å². The first-order valence-electron chi connectivity index (χ1n) is 10.9. The molecule has 0 fully saturated rings. The molecule has 0 aromatic heterocycles. The normalized spacial score (nSPS) is 11.2. The van der Waals surface area contributed by atoms with Crippen LogP contribution in [-0.4, -0.2) is 35.5 Å². The molecular formula is C28H29NO4. The number of benzene rings is 3. The van der Waals surface area contributed by atoms with Gasteiger partial charge in [0.25, 0.3) is 0 Å². The highest BCUT2D eigenvalue weighted by molar-refractivity contribution is 5.89. The van der Waals surface area contributed by atoms with E-state index in [-0.39, 0.29) is 12.3 Å². The zero-order chi connectivity index (χ0) is 23.6. The molecule has 33 heavy (non-hydrogen) atoms. The van der Waals surface area contributed by atoms with Crippen molar-refractivity contribution in [1.29, 1.82) is 0 Å². The number of allylic oxidation sites excluding steroid dienone is 1. The van der Waals surface area contributed by atoms with E-state index in [1.807, 2.05) is 66.7 Å². The molecule has 3 aromatic rings. The van der Waals surface area contributed by atoms with Crippen LogP contribution in [0.3, 0.4) is 0 Å². The maximum Gasteiger partial charge on any atom is 0.328 e. The second kappa shape index (κ2) is 11.7. The van der Waals surface area contributed by atoms with Crippen LogP contribution in [0.5, 0.6) is 5.75 Å². The first-order valence-corrected chi connectivity index (χ1v) is 10.9. The Bertz CT molecular complexity index is 1110. The third kappa shape index (κ3) is 7.65. The van der Waals surface area contributed by atoms with E-state index in [2.05, 4.69) is 12.1 Å². The molecule has 5 heteroatoms. The zero-order valence-electron chi connectivity index (χ0n) is 19.0. The summed E-state index contributed by atoms with van der Waals surface area (Å²) in [5.41, 5.74) is 4.31. The Morgan fingerprint density at radius 1 is 0.909 bits per heavy atom. The molecule has 0 aliphatic heterocycles. The quantitative estimate of drug-likeness (QED) is 0.448. The Balaban J connectivity index is 1.74. The van der Waals surface area contributed by atoms with Gasteiger partial charge in [-0.1, -0.05) is 66.7 Å². The van der Waals surface area contributed by atoms with Crippen LogP contribution in [0.15, 0.2) is 84.9 Å². The van der Waals surface area contributed by atoms with Gasteiger partial charge in [-0.05, 0) is 53.3 Å². The SMILES string of the molecule is C/C(=C/C(=O)O)c1cc(CC(=O)N(C)CCc2ccccc2)cc(OCc2ccccc2)c1. The van der Waals surface area contributed by atoms with Crippen LogP contribution in [0.2, 0.25) is 0 Å². The third-order valence-corrected chi connectivity index (χ3v) is 5.37. The molecule has 0 heterocycles. The van der Waals surface area contributed by atoms with E-state index >= 15 is 0 Å². The third-order valence-electron chi connectivity index (χ3n) is 5.37. The molecule has 3 rings (SSSR count). The van der Waals surface area contributed by atoms with Crippen molar-refractivity contribution < 1.29 is 19.4 Å². The van der Waals surface area contributed by atoms with Gasteiger partial charge in [-0.2, -0.15) is 0 Å². The highest BCUT2D eigenvalue weighted by Gasteiger charge is 2.13. The number of carbonyl (C=O) groups excluding carboxylic acids is 1. The average molecular weight is 444 g/mol. The van der Waals surface area contributed by atoms with Crippen molar-refractivity contribution in [2.75, 3.05) is 13.6 Å². The highest BCUT2D eigenvalue weighted by atomic mass is 16.5. The number of hydrogen-bond acceptors (Lipinski definition) is 3. The van der Waals surface area contributed by atoms with E-state index < -0.39 is 5.97 Å². The van der Waals surface area contributed by atoms with Gasteiger partial charge >= 0.3 is 5.97 Å². The van der Waals surface area contributed by atoms with E-state index in [1.54, 1.807) is 18.9 Å². The highest BCUT2D eigenvalue weighted by Crippen LogP contribution is 2.24. The number of likely N-dealkylation sites (N-methyl/N-ethyl adjacent to an activating group) is 1. The summed E-state index contributed by atoms with van der Waals surface area (Å²) in [4.78, 5) is 25.7. The molecule has 0 bridgehead atoms. The van der Waals surface area contributed by atoms with Gasteiger partial charge in [0.1, 0.15) is 12.4 Å². The lowest BCUT2D eigenvalue weighted by Gasteiger charge is -2.18. The molecule has 5 nitrogen and oxygen atoms in total. The summed E-state index contributed by atoms with van der Waals surface area (Å²) >= 11 is 0. The van der Waals surface area contributed by atoms with Gasteiger partial charge in [0.05, 0.1) is 6.42 Å². The minimum atomic E-state index is -1.01. The number of carboxylic acids is 1. The molecule has 170 valence electrons. The van der Waals surface area contributed by atoms with E-state index in [0.29, 0.717) is 24.5 Å². The summed E-state index contributed by atoms with van der Waals surface area (Å²) < 4.78 is 5.98. The zero-order valence-corrected chi connectivity index (χ0v) is 19.0. The predicted octanol–water partition coefficient (Wildman–Crippen LogP) is 5.00. The van der Waals surface area contributed by atoms with Crippen molar-refractivity contribution >= 4 is 17.4 Å². The van der Waals surface area contributed by atoms with Crippen molar-refractivity contribution in [1.82, 2.24) is 4.90 Å². The summed E-state index contributed by atoms with van der Waals surface area (Å²) in [6, 6.07) is 25.4. The van der Waals surface area contributed by atoms with Gasteiger partial charge < -0.3 is 14.7 Å². The van der Waals surface area contributed by atoms with Crippen molar-refractivity contribution in [2.24, 2.45) is 0 Å². The van der Waals surface area contributed by atoms with Crippen LogP contribution in [0.25, 0.3) is 5.57 Å². The summed E-state index contributed by atoms with van der Waals surface area (Å²) in [5, 5.41) is 9.14. The minimum absolute atomic E-state index is 0.00282. The first kappa shape index (κ1) is 23.8. The van der Waals surface area contributed by atoms with E-state index in [9.17, 15) is 9.59 Å². The van der Waals surface area contributed by atoms with E-state index in [0.717, 1.165) is 29.2 Å². The second-order valence-electron chi connectivity index (χ2n) is 8.03. The van der Waals surface area contributed by atoms with Crippen LogP contribution in [-0.2, 0) is 29.0 Å². The standard InChI is InChI=1S/C28H29NO4/c1-21(15-28(31)32)25-16-24(17-26(19-25)33-20-23-11-7-4-8-12-23)18-27(30)29(2)14-13-22-9-5-3-6-10-22/h3-12,15-17,19H,13-14,18,20H2,1-2H3,(H,31,32)/b21-15-. The van der Waals surface area contributed by atoms with Crippen LogP contribution in [0.4, 0.5) is 0 Å². The number of ether oxygens (including phenoxy) is 1. The van der Waals surface area contributed by atoms with Crippen LogP contribution >= 0.6 is 0 Å². The van der Waals surface area contributed by atoms with Crippen molar-refractivity contribution in [3.05, 3.63) is 107 Å². The molecule has 1 amide bonds. The van der Waals surface area contributed by atoms with Crippen molar-refractivity contribution in [3.8, 4) is 5.75 Å². The van der Waals surface area contributed by atoms with Gasteiger partial charge in [-0.3, -0.25) is 4.79 Å². The Morgan fingerprint density at radius 3 is 2.18 bits per heavy atom. The van der Waals surface area contributed by atoms with Crippen LogP contribution < -0.4 is 4.74 Å². The Labute approximate surface area is 194 Å². The molecule has 3 aromatic carbocycles. The average Bonchev–Trinajstić information content (AvgIpc) is 2.82. The predicted molar refractivity (Wildman–Crippen MR) is 130 cm³/mol. The van der Waals surface area contributed by atoms with E-state index in [1.165, 1.54) is 5.56 Å². The number of amides is 1. The largest absolute Gasteiger partial charge is 0.489 e. The molecule has 0 aliphatic carbocycles. The molecule has 0 radical (unpaired) electrons. The summed E-state index contributed by atoms with van der Waals surface area (Å²) in [6.45, 7) is 2.75. The monoisotopic (exact) mass is 443 g/mol. The molecule has 0 aliphatic rings. The number of hydrogen-bond donors (Lipinski definition) is 1. The topological polar surface area (TPSA) is 66.8 Å². The fourth-order valence-electron chi connectivity index (χ4n) is 3.46. The molecule has 1 N–H and O–H groups in total. The fraction of sp³-hybridized carbons (Fsp3) is 0.214. The lowest BCUT2D eigenvalue weighted by atomic mass is 10.0. The fourth-order valence-corrected chi connectivity index (χ4v) is 3.46. The Morgan fingerprint density at radius 2 is 1.55 bits per heavy atom. The molecule has 0 spiro atoms. The van der Waals surface area contributed by atoms with Crippen LogP contribution in [0.1, 0.15) is 29.2 Å². The lowest BCUT2D eigenvalue weighted by Crippen LogP contribution is -2.30. The number of nitrogens with zero attached hydrogens (tertiary/aromatic N) is 1.